The standard InChI is InChI=1S/C24H25N3O4S/c1-2-15-31-22-11-9-19(10-12-22)16-20(18-25)24(28)26-21-7-6-8-23(17-21)32(29,30)27-13-4-3-5-14-27/h2,6-12,16-17H,1,3-5,13-15H2,(H,26,28)/b20-16+. The van der Waals surface area contributed by atoms with Crippen LogP contribution in [0.4, 0.5) is 5.69 Å². The molecule has 0 atom stereocenters. The maximum Gasteiger partial charge on any atom is 0.266 e. The lowest BCUT2D eigenvalue weighted by atomic mass is 10.1. The molecular formula is C24H25N3O4S. The molecule has 0 aliphatic carbocycles. The van der Waals surface area contributed by atoms with Crippen LogP contribution in [0.15, 0.2) is 71.7 Å². The summed E-state index contributed by atoms with van der Waals surface area (Å²) < 4.78 is 32.7. The highest BCUT2D eigenvalue weighted by molar-refractivity contribution is 7.89. The summed E-state index contributed by atoms with van der Waals surface area (Å²) in [6.45, 7) is 4.97. The third-order valence-electron chi connectivity index (χ3n) is 4.97. The first-order valence-corrected chi connectivity index (χ1v) is 11.7. The summed E-state index contributed by atoms with van der Waals surface area (Å²) in [6, 6.07) is 14.9. The van der Waals surface area contributed by atoms with Gasteiger partial charge >= 0.3 is 0 Å². The van der Waals surface area contributed by atoms with Gasteiger partial charge in [-0.25, -0.2) is 8.42 Å². The van der Waals surface area contributed by atoms with Gasteiger partial charge in [0, 0.05) is 18.8 Å². The molecule has 3 rings (SSSR count). The van der Waals surface area contributed by atoms with Gasteiger partial charge in [-0.05, 0) is 54.8 Å². The average molecular weight is 452 g/mol. The molecule has 32 heavy (non-hydrogen) atoms. The zero-order valence-electron chi connectivity index (χ0n) is 17.7. The van der Waals surface area contributed by atoms with E-state index in [1.165, 1.54) is 22.5 Å². The molecule has 1 amide bonds. The van der Waals surface area contributed by atoms with E-state index < -0.39 is 15.9 Å². The summed E-state index contributed by atoms with van der Waals surface area (Å²) in [5, 5.41) is 12.1. The van der Waals surface area contributed by atoms with E-state index in [0.29, 0.717) is 36.7 Å². The summed E-state index contributed by atoms with van der Waals surface area (Å²) in [6.07, 6.45) is 5.80. The fraction of sp³-hybridized carbons (Fsp3) is 0.250. The first-order valence-electron chi connectivity index (χ1n) is 10.3. The molecule has 7 nitrogen and oxygen atoms in total. The molecule has 1 aliphatic rings. The zero-order chi connectivity index (χ0) is 23.0. The first kappa shape index (κ1) is 23.3. The average Bonchev–Trinajstić information content (AvgIpc) is 2.82. The fourth-order valence-corrected chi connectivity index (χ4v) is 4.88. The molecule has 0 spiro atoms. The quantitative estimate of drug-likeness (QED) is 0.372. The molecule has 2 aromatic rings. The number of nitrogens with one attached hydrogen (secondary N) is 1. The van der Waals surface area contributed by atoms with Gasteiger partial charge in [0.1, 0.15) is 24.0 Å². The van der Waals surface area contributed by atoms with E-state index in [2.05, 4.69) is 11.9 Å². The lowest BCUT2D eigenvalue weighted by molar-refractivity contribution is -0.112. The van der Waals surface area contributed by atoms with Crippen LogP contribution in [0.1, 0.15) is 24.8 Å². The van der Waals surface area contributed by atoms with Crippen molar-refractivity contribution in [3.63, 3.8) is 0 Å². The van der Waals surface area contributed by atoms with Gasteiger partial charge in [-0.2, -0.15) is 9.57 Å². The smallest absolute Gasteiger partial charge is 0.266 e. The Labute approximate surface area is 188 Å². The van der Waals surface area contributed by atoms with Gasteiger partial charge in [-0.3, -0.25) is 4.79 Å². The Morgan fingerprint density at radius 1 is 1.16 bits per heavy atom. The molecule has 1 aliphatic heterocycles. The van der Waals surface area contributed by atoms with Crippen LogP contribution >= 0.6 is 0 Å². The van der Waals surface area contributed by atoms with Crippen molar-refractivity contribution in [3.05, 3.63) is 72.3 Å². The summed E-state index contributed by atoms with van der Waals surface area (Å²) in [4.78, 5) is 12.7. The van der Waals surface area contributed by atoms with Gasteiger partial charge in [0.2, 0.25) is 10.0 Å². The van der Waals surface area contributed by atoms with Crippen LogP contribution in [0, 0.1) is 11.3 Å². The van der Waals surface area contributed by atoms with E-state index in [9.17, 15) is 18.5 Å². The topological polar surface area (TPSA) is 99.5 Å². The van der Waals surface area contributed by atoms with Crippen LogP contribution in [-0.2, 0) is 14.8 Å². The van der Waals surface area contributed by atoms with Gasteiger partial charge < -0.3 is 10.1 Å². The van der Waals surface area contributed by atoms with Crippen molar-refractivity contribution in [3.8, 4) is 11.8 Å². The number of ether oxygens (including phenoxy) is 1. The second-order valence-electron chi connectivity index (χ2n) is 7.29. The van der Waals surface area contributed by atoms with Crippen molar-refractivity contribution in [2.45, 2.75) is 24.2 Å². The minimum absolute atomic E-state index is 0.103. The second kappa shape index (κ2) is 10.8. The largest absolute Gasteiger partial charge is 0.490 e. The third-order valence-corrected chi connectivity index (χ3v) is 6.86. The molecule has 166 valence electrons. The Balaban J connectivity index is 1.74. The van der Waals surface area contributed by atoms with E-state index in [4.69, 9.17) is 4.74 Å². The van der Waals surface area contributed by atoms with E-state index in [1.54, 1.807) is 42.5 Å². The zero-order valence-corrected chi connectivity index (χ0v) is 18.5. The van der Waals surface area contributed by atoms with Gasteiger partial charge in [-0.1, -0.05) is 37.3 Å². The van der Waals surface area contributed by atoms with Crippen LogP contribution < -0.4 is 10.1 Å². The maximum absolute atomic E-state index is 12.9. The Kier molecular flexibility index (Phi) is 7.82. The molecule has 1 heterocycles. The van der Waals surface area contributed by atoms with E-state index in [-0.39, 0.29) is 10.5 Å². The van der Waals surface area contributed by atoms with Gasteiger partial charge in [0.15, 0.2) is 0 Å². The Morgan fingerprint density at radius 3 is 2.53 bits per heavy atom. The van der Waals surface area contributed by atoms with Gasteiger partial charge in [-0.15, -0.1) is 0 Å². The molecule has 0 radical (unpaired) electrons. The van der Waals surface area contributed by atoms with E-state index >= 15 is 0 Å². The van der Waals surface area contributed by atoms with Crippen molar-refractivity contribution in [1.29, 1.82) is 5.26 Å². The number of benzene rings is 2. The monoisotopic (exact) mass is 451 g/mol. The highest BCUT2D eigenvalue weighted by Gasteiger charge is 2.26. The van der Waals surface area contributed by atoms with Crippen molar-refractivity contribution < 1.29 is 17.9 Å². The minimum Gasteiger partial charge on any atom is -0.490 e. The number of anilines is 1. The number of amides is 1. The number of hydrogen-bond donors (Lipinski definition) is 1. The molecule has 1 saturated heterocycles. The van der Waals surface area contributed by atoms with Crippen LogP contribution in [0.2, 0.25) is 0 Å². The number of piperidine rings is 1. The highest BCUT2D eigenvalue weighted by Crippen LogP contribution is 2.23. The SMILES string of the molecule is C=CCOc1ccc(/C=C(\C#N)C(=O)Nc2cccc(S(=O)(=O)N3CCCCC3)c2)cc1. The lowest BCUT2D eigenvalue weighted by Gasteiger charge is -2.26. The lowest BCUT2D eigenvalue weighted by Crippen LogP contribution is -2.35. The normalized spacial score (nSPS) is 14.9. The Hall–Kier alpha value is -3.41. The number of carbonyl (C=O) groups is 1. The van der Waals surface area contributed by atoms with Crippen LogP contribution in [0.5, 0.6) is 5.75 Å². The van der Waals surface area contributed by atoms with Gasteiger partial charge in [0.05, 0.1) is 4.90 Å². The maximum atomic E-state index is 12.9. The number of sulfonamides is 1. The Morgan fingerprint density at radius 2 is 1.88 bits per heavy atom. The molecule has 0 saturated carbocycles. The summed E-state index contributed by atoms with van der Waals surface area (Å²) in [5.74, 6) is 0.0312. The van der Waals surface area contributed by atoms with Crippen LogP contribution in [-0.4, -0.2) is 38.3 Å². The molecule has 0 unspecified atom stereocenters. The van der Waals surface area contributed by atoms with Crippen molar-refractivity contribution in [2.75, 3.05) is 25.0 Å². The molecule has 2 aromatic carbocycles. The predicted octanol–water partition coefficient (Wildman–Crippen LogP) is 3.97. The summed E-state index contributed by atoms with van der Waals surface area (Å²) >= 11 is 0. The van der Waals surface area contributed by atoms with Crippen LogP contribution in [0.3, 0.4) is 0 Å². The number of nitriles is 1. The molecular weight excluding hydrogens is 426 g/mol. The Bertz CT molecular complexity index is 1140. The van der Waals surface area contributed by atoms with E-state index in [1.807, 2.05) is 6.07 Å². The second-order valence-corrected chi connectivity index (χ2v) is 9.22. The number of hydrogen-bond acceptors (Lipinski definition) is 5. The number of carbonyl (C=O) groups excluding carboxylic acids is 1. The van der Waals surface area contributed by atoms with Crippen LogP contribution in [0.25, 0.3) is 6.08 Å². The van der Waals surface area contributed by atoms with E-state index in [0.717, 1.165) is 19.3 Å². The summed E-state index contributed by atoms with van der Waals surface area (Å²) in [7, 11) is -3.62. The number of rotatable bonds is 8. The van der Waals surface area contributed by atoms with Gasteiger partial charge in [0.25, 0.3) is 5.91 Å². The fourth-order valence-electron chi connectivity index (χ4n) is 3.32. The number of nitrogens with zero attached hydrogens (tertiary/aromatic N) is 2. The highest BCUT2D eigenvalue weighted by atomic mass is 32.2. The predicted molar refractivity (Wildman–Crippen MR) is 123 cm³/mol. The molecule has 0 bridgehead atoms. The minimum atomic E-state index is -3.62. The molecule has 1 fully saturated rings. The summed E-state index contributed by atoms with van der Waals surface area (Å²) in [5.41, 5.74) is 0.862. The molecule has 0 aromatic heterocycles. The first-order chi connectivity index (χ1) is 15.4. The third kappa shape index (κ3) is 5.84. The van der Waals surface area contributed by atoms with Crippen molar-refractivity contribution >= 4 is 27.7 Å². The molecule has 1 N–H and O–H groups in total. The van der Waals surface area contributed by atoms with Crippen molar-refractivity contribution in [2.24, 2.45) is 0 Å². The molecule has 8 heteroatoms. The van der Waals surface area contributed by atoms with Crippen molar-refractivity contribution in [1.82, 2.24) is 4.31 Å².